The van der Waals surface area contributed by atoms with E-state index in [1.807, 2.05) is 12.2 Å². The van der Waals surface area contributed by atoms with E-state index in [0.29, 0.717) is 17.0 Å². The highest BCUT2D eigenvalue weighted by molar-refractivity contribution is 7.17. The first-order chi connectivity index (χ1) is 11.5. The van der Waals surface area contributed by atoms with Crippen LogP contribution in [-0.2, 0) is 22.4 Å². The first-order valence-electron chi connectivity index (χ1n) is 8.13. The van der Waals surface area contributed by atoms with E-state index in [4.69, 9.17) is 5.73 Å². The number of primary amides is 1. The second-order valence-corrected chi connectivity index (χ2v) is 7.86. The van der Waals surface area contributed by atoms with Gasteiger partial charge in [-0.3, -0.25) is 14.4 Å². The number of hydrogen-bond acceptors (Lipinski definition) is 4. The molecule has 4 atom stereocenters. The Hall–Kier alpha value is -2.15. The van der Waals surface area contributed by atoms with Gasteiger partial charge in [0.05, 0.1) is 17.4 Å². The van der Waals surface area contributed by atoms with E-state index in [1.54, 1.807) is 0 Å². The van der Waals surface area contributed by atoms with Gasteiger partial charge in [0.1, 0.15) is 5.00 Å². The van der Waals surface area contributed by atoms with Gasteiger partial charge in [0.15, 0.2) is 0 Å². The SMILES string of the molecule is NC(=O)c1c(NC(=O)[C@@H]2[C@@H](C(=O)O)[C@H]3C=C[C@H]2C3)sc2c1CCC2. The largest absolute Gasteiger partial charge is 0.481 e. The molecule has 1 fully saturated rings. The molecule has 3 aliphatic carbocycles. The molecule has 6 nitrogen and oxygen atoms in total. The third-order valence-electron chi connectivity index (χ3n) is 5.45. The quantitative estimate of drug-likeness (QED) is 0.722. The van der Waals surface area contributed by atoms with Crippen LogP contribution in [0.1, 0.15) is 33.6 Å². The van der Waals surface area contributed by atoms with Gasteiger partial charge in [0, 0.05) is 4.88 Å². The highest BCUT2D eigenvalue weighted by Crippen LogP contribution is 2.49. The Morgan fingerprint density at radius 2 is 1.88 bits per heavy atom. The lowest BCUT2D eigenvalue weighted by atomic mass is 9.82. The summed E-state index contributed by atoms with van der Waals surface area (Å²) in [7, 11) is 0. The van der Waals surface area contributed by atoms with Crippen molar-refractivity contribution >= 4 is 34.1 Å². The van der Waals surface area contributed by atoms with E-state index in [-0.39, 0.29) is 17.7 Å². The number of amides is 2. The number of aliphatic carboxylic acids is 1. The zero-order valence-electron chi connectivity index (χ0n) is 13.0. The molecule has 0 aromatic carbocycles. The summed E-state index contributed by atoms with van der Waals surface area (Å²) in [6.45, 7) is 0. The van der Waals surface area contributed by atoms with Gasteiger partial charge in [-0.05, 0) is 43.1 Å². The fraction of sp³-hybridized carbons (Fsp3) is 0.471. The lowest BCUT2D eigenvalue weighted by Gasteiger charge is -2.23. The maximum atomic E-state index is 12.8. The van der Waals surface area contributed by atoms with Crippen LogP contribution < -0.4 is 11.1 Å². The number of fused-ring (bicyclic) bond motifs is 3. The van der Waals surface area contributed by atoms with Gasteiger partial charge < -0.3 is 16.2 Å². The molecule has 0 aliphatic heterocycles. The second-order valence-electron chi connectivity index (χ2n) is 6.75. The van der Waals surface area contributed by atoms with Crippen molar-refractivity contribution < 1.29 is 19.5 Å². The number of carbonyl (C=O) groups excluding carboxylic acids is 2. The number of allylic oxidation sites excluding steroid dienone is 2. The number of aryl methyl sites for hydroxylation is 1. The molecular weight excluding hydrogens is 328 g/mol. The molecule has 1 aromatic heterocycles. The van der Waals surface area contributed by atoms with Crippen LogP contribution in [0.5, 0.6) is 0 Å². The van der Waals surface area contributed by atoms with Crippen LogP contribution in [0.3, 0.4) is 0 Å². The Morgan fingerprint density at radius 3 is 2.54 bits per heavy atom. The van der Waals surface area contributed by atoms with Crippen LogP contribution in [0, 0.1) is 23.7 Å². The molecule has 0 saturated heterocycles. The smallest absolute Gasteiger partial charge is 0.307 e. The number of thiophene rings is 1. The number of hydrogen-bond donors (Lipinski definition) is 3. The zero-order valence-corrected chi connectivity index (χ0v) is 13.8. The predicted molar refractivity (Wildman–Crippen MR) is 88.8 cm³/mol. The van der Waals surface area contributed by atoms with Crippen LogP contribution in [0.4, 0.5) is 5.00 Å². The van der Waals surface area contributed by atoms with E-state index in [0.717, 1.165) is 29.7 Å². The lowest BCUT2D eigenvalue weighted by Crippen LogP contribution is -2.36. The summed E-state index contributed by atoms with van der Waals surface area (Å²) in [6, 6.07) is 0. The number of nitrogens with two attached hydrogens (primary N) is 1. The first kappa shape index (κ1) is 15.4. The maximum absolute atomic E-state index is 12.8. The minimum Gasteiger partial charge on any atom is -0.481 e. The van der Waals surface area contributed by atoms with Crippen LogP contribution in [0.15, 0.2) is 12.2 Å². The van der Waals surface area contributed by atoms with Crippen LogP contribution >= 0.6 is 11.3 Å². The van der Waals surface area contributed by atoms with Gasteiger partial charge in [-0.25, -0.2) is 0 Å². The molecule has 0 radical (unpaired) electrons. The molecule has 1 heterocycles. The van der Waals surface area contributed by atoms with E-state index in [9.17, 15) is 19.5 Å². The van der Waals surface area contributed by atoms with Gasteiger partial charge in [-0.2, -0.15) is 0 Å². The molecule has 126 valence electrons. The topological polar surface area (TPSA) is 109 Å². The van der Waals surface area contributed by atoms with E-state index >= 15 is 0 Å². The predicted octanol–water partition coefficient (Wildman–Crippen LogP) is 1.80. The maximum Gasteiger partial charge on any atom is 0.307 e. The average Bonchev–Trinajstić information content (AvgIpc) is 3.24. The highest BCUT2D eigenvalue weighted by Gasteiger charge is 2.51. The summed E-state index contributed by atoms with van der Waals surface area (Å²) in [5, 5.41) is 12.8. The zero-order chi connectivity index (χ0) is 17.0. The first-order valence-corrected chi connectivity index (χ1v) is 8.95. The Balaban J connectivity index is 1.62. The summed E-state index contributed by atoms with van der Waals surface area (Å²) in [6.07, 6.45) is 7.24. The van der Waals surface area contributed by atoms with Crippen molar-refractivity contribution in [3.8, 4) is 0 Å². The summed E-state index contributed by atoms with van der Waals surface area (Å²) in [4.78, 5) is 37.2. The number of carboxylic acids is 1. The molecular formula is C17H18N2O4S. The van der Waals surface area contributed by atoms with Crippen LogP contribution in [0.2, 0.25) is 0 Å². The number of nitrogens with one attached hydrogen (secondary N) is 1. The molecule has 1 aromatic rings. The van der Waals surface area contributed by atoms with Crippen LogP contribution in [-0.4, -0.2) is 22.9 Å². The molecule has 4 N–H and O–H groups in total. The molecule has 7 heteroatoms. The van der Waals surface area contributed by atoms with Crippen molar-refractivity contribution in [1.29, 1.82) is 0 Å². The number of carboxylic acid groups (broad SMARTS) is 1. The average molecular weight is 346 g/mol. The molecule has 2 bridgehead atoms. The lowest BCUT2D eigenvalue weighted by molar-refractivity contribution is -0.146. The fourth-order valence-corrected chi connectivity index (χ4v) is 5.76. The normalized spacial score (nSPS) is 29.7. The summed E-state index contributed by atoms with van der Waals surface area (Å²) >= 11 is 1.40. The number of rotatable bonds is 4. The van der Waals surface area contributed by atoms with Crippen molar-refractivity contribution in [2.75, 3.05) is 5.32 Å². The summed E-state index contributed by atoms with van der Waals surface area (Å²) in [5.41, 5.74) is 6.87. The number of anilines is 1. The number of carbonyl (C=O) groups is 3. The Bertz CT molecular complexity index is 782. The molecule has 2 amide bonds. The summed E-state index contributed by atoms with van der Waals surface area (Å²) < 4.78 is 0. The molecule has 1 saturated carbocycles. The van der Waals surface area contributed by atoms with Gasteiger partial charge in [0.25, 0.3) is 5.91 Å². The third-order valence-corrected chi connectivity index (χ3v) is 6.66. The van der Waals surface area contributed by atoms with Gasteiger partial charge in [0.2, 0.25) is 5.91 Å². The fourth-order valence-electron chi connectivity index (χ4n) is 4.46. The van der Waals surface area contributed by atoms with Crippen molar-refractivity contribution in [3.05, 3.63) is 28.2 Å². The molecule has 0 spiro atoms. The third kappa shape index (κ3) is 2.18. The standard InChI is InChI=1S/C17H18N2O4S/c18-14(20)13-9-2-1-3-10(9)24-16(13)19-15(21)11-7-4-5-8(6-7)12(11)17(22)23/h4-5,7-8,11-12H,1-3,6H2,(H2,18,20)(H,19,21)(H,22,23)/t7-,8-,11-,12-/m0/s1. The van der Waals surface area contributed by atoms with Crippen molar-refractivity contribution in [1.82, 2.24) is 0 Å². The Morgan fingerprint density at radius 1 is 1.17 bits per heavy atom. The van der Waals surface area contributed by atoms with Gasteiger partial charge >= 0.3 is 5.97 Å². The Kier molecular flexibility index (Phi) is 3.49. The molecule has 4 rings (SSSR count). The van der Waals surface area contributed by atoms with E-state index in [1.165, 1.54) is 11.3 Å². The minimum absolute atomic E-state index is 0.0417. The van der Waals surface area contributed by atoms with E-state index in [2.05, 4.69) is 5.32 Å². The molecule has 24 heavy (non-hydrogen) atoms. The highest BCUT2D eigenvalue weighted by atomic mass is 32.1. The monoisotopic (exact) mass is 346 g/mol. The Labute approximate surface area is 142 Å². The van der Waals surface area contributed by atoms with Crippen molar-refractivity contribution in [2.45, 2.75) is 25.7 Å². The van der Waals surface area contributed by atoms with Gasteiger partial charge in [-0.1, -0.05) is 12.2 Å². The van der Waals surface area contributed by atoms with Crippen molar-refractivity contribution in [3.63, 3.8) is 0 Å². The van der Waals surface area contributed by atoms with Gasteiger partial charge in [-0.15, -0.1) is 11.3 Å². The van der Waals surface area contributed by atoms with Crippen molar-refractivity contribution in [2.24, 2.45) is 29.4 Å². The second kappa shape index (κ2) is 5.44. The van der Waals surface area contributed by atoms with Crippen LogP contribution in [0.25, 0.3) is 0 Å². The van der Waals surface area contributed by atoms with E-state index < -0.39 is 23.7 Å². The minimum atomic E-state index is -0.934. The molecule has 3 aliphatic rings. The summed E-state index contributed by atoms with van der Waals surface area (Å²) in [5.74, 6) is -3.18. The molecule has 0 unspecified atom stereocenters.